The Labute approximate surface area is 122 Å². The van der Waals surface area contributed by atoms with Crippen LogP contribution in [0.2, 0.25) is 5.02 Å². The van der Waals surface area contributed by atoms with E-state index >= 15 is 0 Å². The average molecular weight is 287 g/mol. The summed E-state index contributed by atoms with van der Waals surface area (Å²) in [6, 6.07) is 13.4. The molecule has 3 aromatic rings. The largest absolute Gasteiger partial charge is 0.487 e. The minimum atomic E-state index is 0.477. The highest BCUT2D eigenvalue weighted by Gasteiger charge is 2.08. The molecule has 0 unspecified atom stereocenters. The lowest BCUT2D eigenvalue weighted by molar-refractivity contribution is 0.307. The zero-order valence-electron chi connectivity index (χ0n) is 11.1. The quantitative estimate of drug-likeness (QED) is 0.740. The molecule has 0 aliphatic heterocycles. The molecule has 20 heavy (non-hydrogen) atoms. The van der Waals surface area contributed by atoms with E-state index in [4.69, 9.17) is 22.1 Å². The van der Waals surface area contributed by atoms with E-state index in [1.54, 1.807) is 0 Å². The van der Waals surface area contributed by atoms with E-state index in [2.05, 4.69) is 10.8 Å². The molecule has 0 atom stereocenters. The molecule has 0 amide bonds. The van der Waals surface area contributed by atoms with Crippen LogP contribution in [0.25, 0.3) is 10.9 Å². The van der Waals surface area contributed by atoms with Gasteiger partial charge in [-0.2, -0.15) is 0 Å². The van der Waals surface area contributed by atoms with Crippen molar-refractivity contribution < 1.29 is 4.74 Å². The van der Waals surface area contributed by atoms with Crippen LogP contribution in [0, 0.1) is 0 Å². The summed E-state index contributed by atoms with van der Waals surface area (Å²) in [5.41, 5.74) is 8.80. The van der Waals surface area contributed by atoms with Crippen LogP contribution in [0.5, 0.6) is 5.75 Å². The van der Waals surface area contributed by atoms with Gasteiger partial charge in [-0.25, -0.2) is 0 Å². The molecule has 0 fully saturated rings. The summed E-state index contributed by atoms with van der Waals surface area (Å²) in [5, 5.41) is 1.77. The third kappa shape index (κ3) is 2.32. The van der Waals surface area contributed by atoms with Crippen molar-refractivity contribution in [2.24, 2.45) is 7.05 Å². The first kappa shape index (κ1) is 12.9. The third-order valence-electron chi connectivity index (χ3n) is 3.32. The zero-order valence-corrected chi connectivity index (χ0v) is 11.9. The minimum Gasteiger partial charge on any atom is -0.487 e. The second kappa shape index (κ2) is 5.10. The molecular weight excluding hydrogens is 272 g/mol. The van der Waals surface area contributed by atoms with Crippen LogP contribution >= 0.6 is 11.6 Å². The first-order chi connectivity index (χ1) is 9.65. The van der Waals surface area contributed by atoms with Crippen molar-refractivity contribution in [2.75, 3.05) is 5.73 Å². The topological polar surface area (TPSA) is 40.2 Å². The molecule has 0 aliphatic carbocycles. The predicted molar refractivity (Wildman–Crippen MR) is 83.1 cm³/mol. The molecule has 3 rings (SSSR count). The Morgan fingerprint density at radius 1 is 1.20 bits per heavy atom. The van der Waals surface area contributed by atoms with Gasteiger partial charge >= 0.3 is 0 Å². The molecule has 2 aromatic carbocycles. The molecule has 1 heterocycles. The van der Waals surface area contributed by atoms with E-state index in [1.165, 1.54) is 0 Å². The molecule has 0 bridgehead atoms. The van der Waals surface area contributed by atoms with Crippen molar-refractivity contribution >= 4 is 28.2 Å². The summed E-state index contributed by atoms with van der Waals surface area (Å²) in [6.45, 7) is 0.477. The third-order valence-corrected chi connectivity index (χ3v) is 3.63. The van der Waals surface area contributed by atoms with Gasteiger partial charge in [0.15, 0.2) is 0 Å². The first-order valence-corrected chi connectivity index (χ1v) is 6.74. The number of nitrogens with two attached hydrogens (primary N) is 1. The Morgan fingerprint density at radius 3 is 2.80 bits per heavy atom. The summed E-state index contributed by atoms with van der Waals surface area (Å²) in [4.78, 5) is 0. The fourth-order valence-electron chi connectivity index (χ4n) is 2.32. The van der Waals surface area contributed by atoms with Crippen LogP contribution in [-0.2, 0) is 13.7 Å². The number of rotatable bonds is 3. The van der Waals surface area contributed by atoms with E-state index in [1.807, 2.05) is 49.5 Å². The van der Waals surface area contributed by atoms with Crippen molar-refractivity contribution in [3.63, 3.8) is 0 Å². The smallest absolute Gasteiger partial charge is 0.138 e. The van der Waals surface area contributed by atoms with Crippen molar-refractivity contribution in [1.29, 1.82) is 0 Å². The SMILES string of the molecule is Cn1cc(COc2ccccc2Cl)c2ccc(N)cc21. The molecule has 0 spiro atoms. The number of para-hydroxylation sites is 1. The lowest BCUT2D eigenvalue weighted by Gasteiger charge is -2.06. The summed E-state index contributed by atoms with van der Waals surface area (Å²) >= 11 is 6.09. The number of anilines is 1. The maximum atomic E-state index is 6.09. The number of nitrogens with zero attached hydrogens (tertiary/aromatic N) is 1. The van der Waals surface area contributed by atoms with Crippen molar-refractivity contribution in [2.45, 2.75) is 6.61 Å². The van der Waals surface area contributed by atoms with Gasteiger partial charge in [-0.3, -0.25) is 0 Å². The number of hydrogen-bond donors (Lipinski definition) is 1. The lowest BCUT2D eigenvalue weighted by atomic mass is 10.2. The molecule has 102 valence electrons. The fraction of sp³-hybridized carbons (Fsp3) is 0.125. The number of hydrogen-bond acceptors (Lipinski definition) is 2. The summed E-state index contributed by atoms with van der Waals surface area (Å²) in [7, 11) is 2.00. The summed E-state index contributed by atoms with van der Waals surface area (Å²) in [5.74, 6) is 0.696. The van der Waals surface area contributed by atoms with Gasteiger partial charge < -0.3 is 15.0 Å². The van der Waals surface area contributed by atoms with Gasteiger partial charge in [-0.05, 0) is 24.3 Å². The standard InChI is InChI=1S/C16H15ClN2O/c1-19-9-11(13-7-6-12(18)8-15(13)19)10-20-16-5-3-2-4-14(16)17/h2-9H,10,18H2,1H3. The van der Waals surface area contributed by atoms with Crippen molar-refractivity contribution in [3.05, 3.63) is 59.2 Å². The van der Waals surface area contributed by atoms with Crippen LogP contribution in [0.3, 0.4) is 0 Å². The van der Waals surface area contributed by atoms with Crippen LogP contribution in [0.4, 0.5) is 5.69 Å². The molecule has 2 N–H and O–H groups in total. The fourth-order valence-corrected chi connectivity index (χ4v) is 2.51. The van der Waals surface area contributed by atoms with Crippen LogP contribution < -0.4 is 10.5 Å². The zero-order chi connectivity index (χ0) is 14.1. The molecule has 1 aromatic heterocycles. The molecule has 0 aliphatic rings. The van der Waals surface area contributed by atoms with E-state index in [0.717, 1.165) is 22.2 Å². The average Bonchev–Trinajstić information content (AvgIpc) is 2.74. The number of halogens is 1. The molecule has 3 nitrogen and oxygen atoms in total. The lowest BCUT2D eigenvalue weighted by Crippen LogP contribution is -1.95. The van der Waals surface area contributed by atoms with Gasteiger partial charge in [0, 0.05) is 29.9 Å². The number of fused-ring (bicyclic) bond motifs is 1. The number of nitrogen functional groups attached to an aromatic ring is 1. The first-order valence-electron chi connectivity index (χ1n) is 6.36. The monoisotopic (exact) mass is 286 g/mol. The Kier molecular flexibility index (Phi) is 3.28. The van der Waals surface area contributed by atoms with Gasteiger partial charge in [0.25, 0.3) is 0 Å². The normalized spacial score (nSPS) is 10.9. The van der Waals surface area contributed by atoms with Gasteiger partial charge in [0.2, 0.25) is 0 Å². The summed E-state index contributed by atoms with van der Waals surface area (Å²) < 4.78 is 7.85. The number of ether oxygens (including phenoxy) is 1. The Morgan fingerprint density at radius 2 is 2.00 bits per heavy atom. The minimum absolute atomic E-state index is 0.477. The van der Waals surface area contributed by atoms with Gasteiger partial charge in [-0.15, -0.1) is 0 Å². The maximum Gasteiger partial charge on any atom is 0.138 e. The van der Waals surface area contributed by atoms with Gasteiger partial charge in [0.05, 0.1) is 10.5 Å². The highest BCUT2D eigenvalue weighted by atomic mass is 35.5. The number of aryl methyl sites for hydroxylation is 1. The second-order valence-corrected chi connectivity index (χ2v) is 5.17. The molecule has 4 heteroatoms. The van der Waals surface area contributed by atoms with Crippen LogP contribution in [0.1, 0.15) is 5.56 Å². The maximum absolute atomic E-state index is 6.09. The Bertz CT molecular complexity index is 764. The van der Waals surface area contributed by atoms with E-state index < -0.39 is 0 Å². The van der Waals surface area contributed by atoms with Crippen molar-refractivity contribution in [3.8, 4) is 5.75 Å². The molecule has 0 radical (unpaired) electrons. The van der Waals surface area contributed by atoms with Crippen LogP contribution in [0.15, 0.2) is 48.7 Å². The second-order valence-electron chi connectivity index (χ2n) is 4.76. The summed E-state index contributed by atoms with van der Waals surface area (Å²) in [6.07, 6.45) is 2.06. The van der Waals surface area contributed by atoms with E-state index in [-0.39, 0.29) is 0 Å². The molecule has 0 saturated heterocycles. The van der Waals surface area contributed by atoms with Crippen LogP contribution in [-0.4, -0.2) is 4.57 Å². The Hall–Kier alpha value is -2.13. The number of aromatic nitrogens is 1. The Balaban J connectivity index is 1.90. The molecule has 0 saturated carbocycles. The van der Waals surface area contributed by atoms with Gasteiger partial charge in [-0.1, -0.05) is 29.8 Å². The van der Waals surface area contributed by atoms with E-state index in [9.17, 15) is 0 Å². The van der Waals surface area contributed by atoms with Crippen molar-refractivity contribution in [1.82, 2.24) is 4.57 Å². The number of benzene rings is 2. The molecular formula is C16H15ClN2O. The highest BCUT2D eigenvalue weighted by molar-refractivity contribution is 6.32. The predicted octanol–water partition coefficient (Wildman–Crippen LogP) is 3.99. The van der Waals surface area contributed by atoms with E-state index in [0.29, 0.717) is 17.4 Å². The highest BCUT2D eigenvalue weighted by Crippen LogP contribution is 2.27. The van der Waals surface area contributed by atoms with Gasteiger partial charge in [0.1, 0.15) is 12.4 Å².